The van der Waals surface area contributed by atoms with Crippen molar-refractivity contribution in [3.8, 4) is 6.07 Å². The van der Waals surface area contributed by atoms with Gasteiger partial charge in [-0.3, -0.25) is 0 Å². The molecule has 0 aromatic heterocycles. The number of nitriles is 1. The van der Waals surface area contributed by atoms with Gasteiger partial charge in [-0.05, 0) is 37.0 Å². The third-order valence-electron chi connectivity index (χ3n) is 3.30. The van der Waals surface area contributed by atoms with Gasteiger partial charge in [0.05, 0.1) is 5.56 Å². The fourth-order valence-electron chi connectivity index (χ4n) is 2.22. The Morgan fingerprint density at radius 1 is 1.44 bits per heavy atom. The zero-order chi connectivity index (χ0) is 11.6. The minimum absolute atomic E-state index is 0.0763. The standard InChI is InChI=1S/C14H14FN/c1-14(7-3-2-4-8-14)12-6-5-11(10-16)13(15)9-12/h3,5-7,9H,2,4,8H2,1H3/t14-/m0/s1. The molecule has 0 spiro atoms. The Morgan fingerprint density at radius 2 is 2.25 bits per heavy atom. The lowest BCUT2D eigenvalue weighted by Gasteiger charge is -2.29. The summed E-state index contributed by atoms with van der Waals surface area (Å²) in [4.78, 5) is 0. The molecule has 0 heterocycles. The second kappa shape index (κ2) is 4.09. The van der Waals surface area contributed by atoms with Crippen LogP contribution in [0.4, 0.5) is 4.39 Å². The van der Waals surface area contributed by atoms with Crippen LogP contribution in [0.5, 0.6) is 0 Å². The summed E-state index contributed by atoms with van der Waals surface area (Å²) in [6.07, 6.45) is 7.58. The minimum atomic E-state index is -0.416. The highest BCUT2D eigenvalue weighted by Crippen LogP contribution is 2.35. The SMILES string of the molecule is C[C@]1(c2ccc(C#N)c(F)c2)C=CCCC1. The molecule has 0 saturated heterocycles. The van der Waals surface area contributed by atoms with Gasteiger partial charge in [-0.1, -0.05) is 25.1 Å². The zero-order valence-electron chi connectivity index (χ0n) is 9.33. The molecule has 2 rings (SSSR count). The summed E-state index contributed by atoms with van der Waals surface area (Å²) >= 11 is 0. The third-order valence-corrected chi connectivity index (χ3v) is 3.30. The summed E-state index contributed by atoms with van der Waals surface area (Å²) < 4.78 is 13.5. The summed E-state index contributed by atoms with van der Waals surface area (Å²) in [5, 5.41) is 8.68. The van der Waals surface area contributed by atoms with E-state index in [1.807, 2.05) is 12.1 Å². The van der Waals surface area contributed by atoms with E-state index in [0.717, 1.165) is 24.8 Å². The van der Waals surface area contributed by atoms with Crippen LogP contribution in [0.1, 0.15) is 37.3 Å². The van der Waals surface area contributed by atoms with Crippen LogP contribution in [0.25, 0.3) is 0 Å². The second-order valence-electron chi connectivity index (χ2n) is 4.52. The maximum absolute atomic E-state index is 13.5. The number of hydrogen-bond acceptors (Lipinski definition) is 1. The first-order valence-electron chi connectivity index (χ1n) is 5.53. The second-order valence-corrected chi connectivity index (χ2v) is 4.52. The van der Waals surface area contributed by atoms with Crippen LogP contribution in [0.15, 0.2) is 30.4 Å². The van der Waals surface area contributed by atoms with Crippen molar-refractivity contribution in [1.82, 2.24) is 0 Å². The van der Waals surface area contributed by atoms with Crippen molar-refractivity contribution in [2.45, 2.75) is 31.6 Å². The molecule has 0 radical (unpaired) electrons. The Balaban J connectivity index is 2.41. The van der Waals surface area contributed by atoms with E-state index in [1.54, 1.807) is 6.07 Å². The lowest BCUT2D eigenvalue weighted by atomic mass is 9.75. The molecule has 0 aliphatic heterocycles. The van der Waals surface area contributed by atoms with Gasteiger partial charge in [0.15, 0.2) is 0 Å². The van der Waals surface area contributed by atoms with Crippen molar-refractivity contribution in [1.29, 1.82) is 5.26 Å². The van der Waals surface area contributed by atoms with Crippen LogP contribution >= 0.6 is 0 Å². The molecule has 0 bridgehead atoms. The van der Waals surface area contributed by atoms with Gasteiger partial charge in [0.1, 0.15) is 11.9 Å². The Morgan fingerprint density at radius 3 is 2.81 bits per heavy atom. The number of rotatable bonds is 1. The monoisotopic (exact) mass is 215 g/mol. The van der Waals surface area contributed by atoms with Gasteiger partial charge in [-0.25, -0.2) is 4.39 Å². The van der Waals surface area contributed by atoms with Gasteiger partial charge in [0.2, 0.25) is 0 Å². The first-order chi connectivity index (χ1) is 7.65. The first kappa shape index (κ1) is 10.9. The molecule has 0 unspecified atom stereocenters. The summed E-state index contributed by atoms with van der Waals surface area (Å²) in [5.74, 6) is -0.416. The maximum Gasteiger partial charge on any atom is 0.141 e. The first-order valence-corrected chi connectivity index (χ1v) is 5.53. The molecule has 1 aromatic rings. The largest absolute Gasteiger partial charge is 0.206 e. The summed E-state index contributed by atoms with van der Waals surface area (Å²) in [6.45, 7) is 2.11. The van der Waals surface area contributed by atoms with E-state index < -0.39 is 5.82 Å². The number of nitrogens with zero attached hydrogens (tertiary/aromatic N) is 1. The van der Waals surface area contributed by atoms with Crippen LogP contribution in [0.3, 0.4) is 0 Å². The predicted molar refractivity (Wildman–Crippen MR) is 61.5 cm³/mol. The van der Waals surface area contributed by atoms with Gasteiger partial charge in [-0.2, -0.15) is 5.26 Å². The van der Waals surface area contributed by atoms with Gasteiger partial charge >= 0.3 is 0 Å². The van der Waals surface area contributed by atoms with Crippen LogP contribution in [-0.4, -0.2) is 0 Å². The van der Waals surface area contributed by atoms with Gasteiger partial charge in [0.25, 0.3) is 0 Å². The van der Waals surface area contributed by atoms with Crippen molar-refractivity contribution in [2.75, 3.05) is 0 Å². The summed E-state index contributed by atoms with van der Waals surface area (Å²) in [7, 11) is 0. The van der Waals surface area contributed by atoms with E-state index >= 15 is 0 Å². The van der Waals surface area contributed by atoms with Crippen molar-refractivity contribution in [3.63, 3.8) is 0 Å². The van der Waals surface area contributed by atoms with Crippen molar-refractivity contribution >= 4 is 0 Å². The Bertz CT molecular complexity index is 470. The Kier molecular flexibility index (Phi) is 2.78. The fraction of sp³-hybridized carbons (Fsp3) is 0.357. The summed E-state index contributed by atoms with van der Waals surface area (Å²) in [6, 6.07) is 6.77. The third kappa shape index (κ3) is 1.86. The molecule has 16 heavy (non-hydrogen) atoms. The van der Waals surface area contributed by atoms with Crippen LogP contribution < -0.4 is 0 Å². The number of allylic oxidation sites excluding steroid dienone is 2. The Hall–Kier alpha value is -1.62. The average molecular weight is 215 g/mol. The van der Waals surface area contributed by atoms with Gasteiger partial charge < -0.3 is 0 Å². The van der Waals surface area contributed by atoms with Gasteiger partial charge in [-0.15, -0.1) is 0 Å². The van der Waals surface area contributed by atoms with E-state index in [4.69, 9.17) is 5.26 Å². The quantitative estimate of drug-likeness (QED) is 0.655. The summed E-state index contributed by atoms with van der Waals surface area (Å²) in [5.41, 5.74) is 1.000. The van der Waals surface area contributed by atoms with Crippen molar-refractivity contribution in [2.24, 2.45) is 0 Å². The molecule has 0 amide bonds. The molecule has 1 atom stereocenters. The van der Waals surface area contributed by atoms with Crippen LogP contribution in [0.2, 0.25) is 0 Å². The van der Waals surface area contributed by atoms with Crippen molar-refractivity contribution < 1.29 is 4.39 Å². The van der Waals surface area contributed by atoms with Crippen molar-refractivity contribution in [3.05, 3.63) is 47.3 Å². The lowest BCUT2D eigenvalue weighted by molar-refractivity contribution is 0.491. The van der Waals surface area contributed by atoms with Gasteiger partial charge in [0, 0.05) is 5.41 Å². The molecule has 1 aromatic carbocycles. The molecule has 2 heteroatoms. The van der Waals surface area contributed by atoms with E-state index in [2.05, 4.69) is 19.1 Å². The highest BCUT2D eigenvalue weighted by atomic mass is 19.1. The molecule has 0 saturated carbocycles. The van der Waals surface area contributed by atoms with E-state index in [1.165, 1.54) is 6.07 Å². The van der Waals surface area contributed by atoms with E-state index in [9.17, 15) is 4.39 Å². The molecule has 0 fully saturated rings. The fourth-order valence-corrected chi connectivity index (χ4v) is 2.22. The number of hydrogen-bond donors (Lipinski definition) is 0. The molecule has 1 aliphatic rings. The predicted octanol–water partition coefficient (Wildman–Crippen LogP) is 3.70. The molecular formula is C14H14FN. The lowest BCUT2D eigenvalue weighted by Crippen LogP contribution is -2.21. The smallest absolute Gasteiger partial charge is 0.141 e. The van der Waals surface area contributed by atoms with E-state index in [-0.39, 0.29) is 11.0 Å². The topological polar surface area (TPSA) is 23.8 Å². The number of benzene rings is 1. The molecule has 1 nitrogen and oxygen atoms in total. The highest BCUT2D eigenvalue weighted by molar-refractivity contribution is 5.38. The molecular weight excluding hydrogens is 201 g/mol. The molecule has 82 valence electrons. The zero-order valence-corrected chi connectivity index (χ0v) is 9.33. The normalized spacial score (nSPS) is 24.1. The molecule has 0 N–H and O–H groups in total. The minimum Gasteiger partial charge on any atom is -0.206 e. The van der Waals surface area contributed by atoms with E-state index in [0.29, 0.717) is 0 Å². The number of halogens is 1. The highest BCUT2D eigenvalue weighted by Gasteiger charge is 2.25. The van der Waals surface area contributed by atoms with Crippen LogP contribution in [-0.2, 0) is 5.41 Å². The average Bonchev–Trinajstić information content (AvgIpc) is 2.30. The molecule has 1 aliphatic carbocycles. The Labute approximate surface area is 95.2 Å². The van der Waals surface area contributed by atoms with Crippen LogP contribution in [0, 0.1) is 17.1 Å². The maximum atomic E-state index is 13.5.